The van der Waals surface area contributed by atoms with Gasteiger partial charge in [0.25, 0.3) is 0 Å². The van der Waals surface area contributed by atoms with Gasteiger partial charge in [0.2, 0.25) is 0 Å². The molecule has 0 aliphatic heterocycles. The van der Waals surface area contributed by atoms with Gasteiger partial charge in [-0.05, 0) is 87.4 Å². The Balaban J connectivity index is 1.70. The molecule has 24 heavy (non-hydrogen) atoms. The van der Waals surface area contributed by atoms with Crippen molar-refractivity contribution in [3.63, 3.8) is 0 Å². The van der Waals surface area contributed by atoms with E-state index in [4.69, 9.17) is 0 Å². The van der Waals surface area contributed by atoms with Gasteiger partial charge in [-0.25, -0.2) is 0 Å². The number of aliphatic hydroxyl groups excluding tert-OH is 2. The van der Waals surface area contributed by atoms with Crippen LogP contribution in [0.3, 0.4) is 0 Å². The number of hydrogen-bond acceptors (Lipinski definition) is 3. The van der Waals surface area contributed by atoms with Crippen LogP contribution in [0.2, 0.25) is 0 Å². The Bertz CT molecular complexity index is 491. The van der Waals surface area contributed by atoms with Crippen molar-refractivity contribution in [3.8, 4) is 0 Å². The van der Waals surface area contributed by atoms with Crippen LogP contribution in [0.15, 0.2) is 0 Å². The van der Waals surface area contributed by atoms with Crippen LogP contribution in [0.1, 0.15) is 78.1 Å². The first-order valence-corrected chi connectivity index (χ1v) is 10.4. The molecule has 4 aliphatic carbocycles. The van der Waals surface area contributed by atoms with Crippen LogP contribution in [0.25, 0.3) is 0 Å². The Kier molecular flexibility index (Phi) is 4.10. The topological polar surface area (TPSA) is 60.7 Å². The molecule has 0 saturated heterocycles. The average Bonchev–Trinajstić information content (AvgIpc) is 2.86. The smallest absolute Gasteiger partial charge is 0.0735 e. The second-order valence-corrected chi connectivity index (χ2v) is 9.89. The fourth-order valence-electron chi connectivity index (χ4n) is 8.17. The summed E-state index contributed by atoms with van der Waals surface area (Å²) in [4.78, 5) is 0. The number of aliphatic hydroxyl groups is 3. The predicted molar refractivity (Wildman–Crippen MR) is 94.4 cm³/mol. The third-order valence-electron chi connectivity index (χ3n) is 9.42. The molecule has 2 unspecified atom stereocenters. The average molecular weight is 337 g/mol. The van der Waals surface area contributed by atoms with Gasteiger partial charge in [0.15, 0.2) is 0 Å². The first kappa shape index (κ1) is 17.3. The minimum atomic E-state index is -0.637. The van der Waals surface area contributed by atoms with Crippen LogP contribution in [0.4, 0.5) is 0 Å². The molecule has 0 heterocycles. The van der Waals surface area contributed by atoms with E-state index in [1.54, 1.807) is 0 Å². The molecule has 0 aromatic heterocycles. The summed E-state index contributed by atoms with van der Waals surface area (Å²) in [6.45, 7) is 4.46. The first-order chi connectivity index (χ1) is 11.4. The molecule has 8 atom stereocenters. The van der Waals surface area contributed by atoms with Gasteiger partial charge in [0, 0.05) is 12.0 Å². The molecule has 0 spiro atoms. The van der Waals surface area contributed by atoms with E-state index in [-0.39, 0.29) is 22.9 Å². The van der Waals surface area contributed by atoms with E-state index in [1.165, 1.54) is 25.7 Å². The highest BCUT2D eigenvalue weighted by molar-refractivity contribution is 5.17. The van der Waals surface area contributed by atoms with Gasteiger partial charge in [-0.2, -0.15) is 0 Å². The maximum Gasteiger partial charge on any atom is 0.0735 e. The third kappa shape index (κ3) is 2.01. The molecule has 4 rings (SSSR count). The summed E-state index contributed by atoms with van der Waals surface area (Å²) < 4.78 is 0. The minimum Gasteiger partial charge on any atom is -0.396 e. The monoisotopic (exact) mass is 336 g/mol. The second kappa shape index (κ2) is 5.69. The van der Waals surface area contributed by atoms with Crippen LogP contribution in [0.5, 0.6) is 0 Å². The lowest BCUT2D eigenvalue weighted by Crippen LogP contribution is -2.63. The van der Waals surface area contributed by atoms with Crippen molar-refractivity contribution in [1.29, 1.82) is 0 Å². The van der Waals surface area contributed by atoms with Gasteiger partial charge in [-0.3, -0.25) is 0 Å². The standard InChI is InChI=1S/C21H36O3/c1-14(23)16-9-12-21(24)18-7-6-15-5-3-4-10-20(15,13-22)17(18)8-11-19(16,21)2/h14-18,22-24H,3-13H2,1-2H3/t14?,15?,16-,17+,18-,19-,20-,21-/m1/s1. The predicted octanol–water partition coefficient (Wildman–Crippen LogP) is 3.50. The molecule has 3 N–H and O–H groups in total. The van der Waals surface area contributed by atoms with Crippen LogP contribution in [-0.2, 0) is 0 Å². The van der Waals surface area contributed by atoms with Gasteiger partial charge < -0.3 is 15.3 Å². The van der Waals surface area contributed by atoms with Crippen molar-refractivity contribution in [2.45, 2.75) is 89.8 Å². The largest absolute Gasteiger partial charge is 0.396 e. The number of hydrogen-bond donors (Lipinski definition) is 3. The molecular formula is C21H36O3. The molecule has 4 saturated carbocycles. The van der Waals surface area contributed by atoms with E-state index < -0.39 is 5.60 Å². The SMILES string of the molecule is CC(O)[C@H]1CC[C@@]2(O)[C@@H]3CCC4CCCC[C@]4(CO)[C@H]3CC[C@]12C. The Hall–Kier alpha value is -0.120. The fraction of sp³-hybridized carbons (Fsp3) is 1.00. The second-order valence-electron chi connectivity index (χ2n) is 9.89. The summed E-state index contributed by atoms with van der Waals surface area (Å²) in [6.07, 6.45) is 10.9. The molecule has 3 heteroatoms. The molecule has 4 aliphatic rings. The van der Waals surface area contributed by atoms with Crippen LogP contribution in [-0.4, -0.2) is 33.6 Å². The van der Waals surface area contributed by atoms with E-state index >= 15 is 0 Å². The van der Waals surface area contributed by atoms with Gasteiger partial charge in [0.1, 0.15) is 0 Å². The molecular weight excluding hydrogens is 300 g/mol. The Morgan fingerprint density at radius 1 is 0.958 bits per heavy atom. The Labute approximate surface area is 146 Å². The highest BCUT2D eigenvalue weighted by atomic mass is 16.3. The molecule has 3 nitrogen and oxygen atoms in total. The molecule has 0 radical (unpaired) electrons. The third-order valence-corrected chi connectivity index (χ3v) is 9.42. The van der Waals surface area contributed by atoms with E-state index in [2.05, 4.69) is 6.92 Å². The van der Waals surface area contributed by atoms with E-state index in [1.807, 2.05) is 6.92 Å². The van der Waals surface area contributed by atoms with Crippen molar-refractivity contribution in [2.24, 2.45) is 34.5 Å². The normalized spacial score (nSPS) is 55.4. The van der Waals surface area contributed by atoms with Crippen molar-refractivity contribution in [2.75, 3.05) is 6.61 Å². The molecule has 0 bridgehead atoms. The zero-order chi connectivity index (χ0) is 17.2. The lowest BCUT2D eigenvalue weighted by Gasteiger charge is -2.63. The van der Waals surface area contributed by atoms with Crippen molar-refractivity contribution in [3.05, 3.63) is 0 Å². The number of fused-ring (bicyclic) bond motifs is 5. The van der Waals surface area contributed by atoms with Crippen LogP contribution >= 0.6 is 0 Å². The Morgan fingerprint density at radius 2 is 1.75 bits per heavy atom. The fourth-order valence-corrected chi connectivity index (χ4v) is 8.17. The summed E-state index contributed by atoms with van der Waals surface area (Å²) in [5, 5.41) is 32.6. The summed E-state index contributed by atoms with van der Waals surface area (Å²) >= 11 is 0. The minimum absolute atomic E-state index is 0.0706. The molecule has 138 valence electrons. The molecule has 0 aromatic carbocycles. The summed E-state index contributed by atoms with van der Waals surface area (Å²) in [5.74, 6) is 1.69. The summed E-state index contributed by atoms with van der Waals surface area (Å²) in [6, 6.07) is 0. The Morgan fingerprint density at radius 3 is 2.46 bits per heavy atom. The van der Waals surface area contributed by atoms with Crippen molar-refractivity contribution in [1.82, 2.24) is 0 Å². The molecule has 0 aromatic rings. The summed E-state index contributed by atoms with van der Waals surface area (Å²) in [5.41, 5.74) is -0.718. The molecule has 4 fully saturated rings. The highest BCUT2D eigenvalue weighted by Crippen LogP contribution is 2.69. The summed E-state index contributed by atoms with van der Waals surface area (Å²) in [7, 11) is 0. The van der Waals surface area contributed by atoms with Crippen LogP contribution < -0.4 is 0 Å². The lowest BCUT2D eigenvalue weighted by molar-refractivity contribution is -0.221. The van der Waals surface area contributed by atoms with Gasteiger partial charge in [-0.15, -0.1) is 0 Å². The maximum atomic E-state index is 11.9. The maximum absolute atomic E-state index is 11.9. The van der Waals surface area contributed by atoms with Gasteiger partial charge in [0.05, 0.1) is 11.7 Å². The van der Waals surface area contributed by atoms with E-state index in [0.717, 1.165) is 38.5 Å². The quantitative estimate of drug-likeness (QED) is 0.723. The highest BCUT2D eigenvalue weighted by Gasteiger charge is 2.68. The van der Waals surface area contributed by atoms with E-state index in [0.29, 0.717) is 24.4 Å². The number of rotatable bonds is 2. The zero-order valence-electron chi connectivity index (χ0n) is 15.5. The lowest BCUT2D eigenvalue weighted by atomic mass is 9.43. The first-order valence-electron chi connectivity index (χ1n) is 10.4. The molecule has 0 amide bonds. The van der Waals surface area contributed by atoms with E-state index in [9.17, 15) is 15.3 Å². The van der Waals surface area contributed by atoms with Crippen molar-refractivity contribution >= 4 is 0 Å². The van der Waals surface area contributed by atoms with Gasteiger partial charge >= 0.3 is 0 Å². The van der Waals surface area contributed by atoms with Gasteiger partial charge in [-0.1, -0.05) is 19.8 Å². The van der Waals surface area contributed by atoms with Crippen molar-refractivity contribution < 1.29 is 15.3 Å². The van der Waals surface area contributed by atoms with Crippen LogP contribution in [0, 0.1) is 34.5 Å². The zero-order valence-corrected chi connectivity index (χ0v) is 15.5.